The Kier molecular flexibility index (Phi) is 2.54. The molecule has 0 radical (unpaired) electrons. The summed E-state index contributed by atoms with van der Waals surface area (Å²) in [4.78, 5) is 14.4. The van der Waals surface area contributed by atoms with Gasteiger partial charge in [0.15, 0.2) is 0 Å². The van der Waals surface area contributed by atoms with Crippen LogP contribution in [0.25, 0.3) is 10.8 Å². The molecule has 1 aromatic carbocycles. The Morgan fingerprint density at radius 1 is 1.21 bits per heavy atom. The van der Waals surface area contributed by atoms with Gasteiger partial charge in [-0.1, -0.05) is 24.3 Å². The summed E-state index contributed by atoms with van der Waals surface area (Å²) in [6.07, 6.45) is 5.97. The first-order valence-electron chi connectivity index (χ1n) is 4.67. The SMILES string of the molecule is O=CCCc1cncc2ccccc12. The lowest BCUT2D eigenvalue weighted by atomic mass is 10.0. The van der Waals surface area contributed by atoms with Gasteiger partial charge in [0.2, 0.25) is 0 Å². The van der Waals surface area contributed by atoms with Crippen molar-refractivity contribution in [2.75, 3.05) is 0 Å². The van der Waals surface area contributed by atoms with Gasteiger partial charge in [0.05, 0.1) is 0 Å². The zero-order valence-corrected chi connectivity index (χ0v) is 7.81. The van der Waals surface area contributed by atoms with E-state index in [2.05, 4.69) is 11.1 Å². The molecule has 0 amide bonds. The standard InChI is InChI=1S/C12H11NO/c14-7-3-5-11-9-13-8-10-4-1-2-6-12(10)11/h1-2,4,6-9H,3,5H2. The number of hydrogen-bond acceptors (Lipinski definition) is 2. The molecule has 1 aromatic heterocycles. The molecule has 0 saturated heterocycles. The van der Waals surface area contributed by atoms with Gasteiger partial charge in [-0.3, -0.25) is 4.98 Å². The first-order chi connectivity index (χ1) is 6.92. The smallest absolute Gasteiger partial charge is 0.120 e. The molecule has 0 atom stereocenters. The number of hydrogen-bond donors (Lipinski definition) is 0. The molecular weight excluding hydrogens is 174 g/mol. The second-order valence-corrected chi connectivity index (χ2v) is 3.23. The molecule has 0 aliphatic rings. The molecule has 1 heterocycles. The molecule has 0 saturated carbocycles. The van der Waals surface area contributed by atoms with Gasteiger partial charge in [0, 0.05) is 24.2 Å². The Labute approximate surface area is 82.6 Å². The molecule has 0 fully saturated rings. The van der Waals surface area contributed by atoms with Crippen molar-refractivity contribution >= 4 is 17.1 Å². The van der Waals surface area contributed by atoms with E-state index < -0.39 is 0 Å². The van der Waals surface area contributed by atoms with Gasteiger partial charge in [-0.05, 0) is 17.4 Å². The van der Waals surface area contributed by atoms with Gasteiger partial charge in [-0.2, -0.15) is 0 Å². The first-order valence-corrected chi connectivity index (χ1v) is 4.67. The largest absolute Gasteiger partial charge is 0.303 e. The summed E-state index contributed by atoms with van der Waals surface area (Å²) in [7, 11) is 0. The fourth-order valence-electron chi connectivity index (χ4n) is 1.59. The van der Waals surface area contributed by atoms with Gasteiger partial charge in [0.1, 0.15) is 6.29 Å². The highest BCUT2D eigenvalue weighted by molar-refractivity contribution is 5.84. The Morgan fingerprint density at radius 3 is 2.93 bits per heavy atom. The van der Waals surface area contributed by atoms with Crippen molar-refractivity contribution in [3.63, 3.8) is 0 Å². The summed E-state index contributed by atoms with van der Waals surface area (Å²) < 4.78 is 0. The quantitative estimate of drug-likeness (QED) is 0.687. The van der Waals surface area contributed by atoms with Gasteiger partial charge in [0.25, 0.3) is 0 Å². The van der Waals surface area contributed by atoms with E-state index in [9.17, 15) is 4.79 Å². The third kappa shape index (κ3) is 1.64. The van der Waals surface area contributed by atoms with Gasteiger partial charge >= 0.3 is 0 Å². The molecule has 0 aliphatic carbocycles. The molecule has 14 heavy (non-hydrogen) atoms. The molecule has 0 aliphatic heterocycles. The zero-order valence-electron chi connectivity index (χ0n) is 7.81. The monoisotopic (exact) mass is 185 g/mol. The number of aromatic nitrogens is 1. The summed E-state index contributed by atoms with van der Waals surface area (Å²) in [5.41, 5.74) is 1.15. The first kappa shape index (κ1) is 8.88. The maximum Gasteiger partial charge on any atom is 0.120 e. The van der Waals surface area contributed by atoms with Crippen molar-refractivity contribution in [1.29, 1.82) is 0 Å². The minimum atomic E-state index is 0.565. The van der Waals surface area contributed by atoms with Crippen LogP contribution in [0, 0.1) is 0 Å². The summed E-state index contributed by atoms with van der Waals surface area (Å²) in [6, 6.07) is 8.10. The number of aryl methyl sites for hydroxylation is 1. The predicted octanol–water partition coefficient (Wildman–Crippen LogP) is 2.37. The van der Waals surface area contributed by atoms with Crippen LogP contribution in [0.3, 0.4) is 0 Å². The second kappa shape index (κ2) is 4.01. The van der Waals surface area contributed by atoms with Crippen LogP contribution in [-0.2, 0) is 11.2 Å². The Hall–Kier alpha value is -1.70. The third-order valence-corrected chi connectivity index (χ3v) is 2.28. The van der Waals surface area contributed by atoms with E-state index in [1.807, 2.05) is 30.6 Å². The topological polar surface area (TPSA) is 30.0 Å². The zero-order chi connectivity index (χ0) is 9.80. The lowest BCUT2D eigenvalue weighted by molar-refractivity contribution is -0.107. The molecule has 2 aromatic rings. The van der Waals surface area contributed by atoms with Gasteiger partial charge in [-0.25, -0.2) is 0 Å². The molecular formula is C12H11NO. The van der Waals surface area contributed by atoms with E-state index in [0.29, 0.717) is 6.42 Å². The number of pyridine rings is 1. The van der Waals surface area contributed by atoms with Crippen molar-refractivity contribution < 1.29 is 4.79 Å². The molecule has 2 heteroatoms. The number of carbonyl (C=O) groups is 1. The third-order valence-electron chi connectivity index (χ3n) is 2.28. The second-order valence-electron chi connectivity index (χ2n) is 3.23. The fraction of sp³-hybridized carbons (Fsp3) is 0.167. The number of aldehydes is 1. The van der Waals surface area contributed by atoms with E-state index >= 15 is 0 Å². The summed E-state index contributed by atoms with van der Waals surface area (Å²) in [6.45, 7) is 0. The van der Waals surface area contributed by atoms with E-state index in [-0.39, 0.29) is 0 Å². The van der Waals surface area contributed by atoms with E-state index in [1.165, 1.54) is 5.39 Å². The fourth-order valence-corrected chi connectivity index (χ4v) is 1.59. The number of nitrogens with zero attached hydrogens (tertiary/aromatic N) is 1. The number of benzene rings is 1. The van der Waals surface area contributed by atoms with Crippen LogP contribution in [0.4, 0.5) is 0 Å². The van der Waals surface area contributed by atoms with Crippen LogP contribution in [0.1, 0.15) is 12.0 Å². The molecule has 2 rings (SSSR count). The van der Waals surface area contributed by atoms with Crippen molar-refractivity contribution in [2.45, 2.75) is 12.8 Å². The summed E-state index contributed by atoms with van der Waals surface area (Å²) in [5.74, 6) is 0. The Morgan fingerprint density at radius 2 is 2.07 bits per heavy atom. The van der Waals surface area contributed by atoms with Crippen LogP contribution < -0.4 is 0 Å². The maximum atomic E-state index is 10.3. The Bertz CT molecular complexity index is 446. The maximum absolute atomic E-state index is 10.3. The van der Waals surface area contributed by atoms with E-state index in [1.54, 1.807) is 0 Å². The van der Waals surface area contributed by atoms with Crippen LogP contribution in [0.2, 0.25) is 0 Å². The van der Waals surface area contributed by atoms with Crippen molar-refractivity contribution in [2.24, 2.45) is 0 Å². The average molecular weight is 185 g/mol. The lowest BCUT2D eigenvalue weighted by Crippen LogP contribution is -1.89. The highest BCUT2D eigenvalue weighted by Crippen LogP contribution is 2.17. The lowest BCUT2D eigenvalue weighted by Gasteiger charge is -2.02. The number of fused-ring (bicyclic) bond motifs is 1. The van der Waals surface area contributed by atoms with Gasteiger partial charge < -0.3 is 4.79 Å². The molecule has 0 N–H and O–H groups in total. The van der Waals surface area contributed by atoms with Crippen molar-refractivity contribution in [3.8, 4) is 0 Å². The summed E-state index contributed by atoms with van der Waals surface area (Å²) >= 11 is 0. The minimum absolute atomic E-state index is 0.565. The van der Waals surface area contributed by atoms with E-state index in [0.717, 1.165) is 23.7 Å². The predicted molar refractivity (Wildman–Crippen MR) is 56.1 cm³/mol. The average Bonchev–Trinajstić information content (AvgIpc) is 2.26. The van der Waals surface area contributed by atoms with Gasteiger partial charge in [-0.15, -0.1) is 0 Å². The molecule has 0 unspecified atom stereocenters. The van der Waals surface area contributed by atoms with Crippen LogP contribution in [0.5, 0.6) is 0 Å². The highest BCUT2D eigenvalue weighted by atomic mass is 16.1. The van der Waals surface area contributed by atoms with Crippen LogP contribution in [0.15, 0.2) is 36.7 Å². The van der Waals surface area contributed by atoms with Crippen LogP contribution in [-0.4, -0.2) is 11.3 Å². The molecule has 0 spiro atoms. The molecule has 0 bridgehead atoms. The summed E-state index contributed by atoms with van der Waals surface area (Å²) in [5, 5.41) is 2.33. The number of carbonyl (C=O) groups excluding carboxylic acids is 1. The van der Waals surface area contributed by atoms with Crippen molar-refractivity contribution in [3.05, 3.63) is 42.2 Å². The van der Waals surface area contributed by atoms with Crippen molar-refractivity contribution in [1.82, 2.24) is 4.98 Å². The molecule has 70 valence electrons. The van der Waals surface area contributed by atoms with E-state index in [4.69, 9.17) is 0 Å². The minimum Gasteiger partial charge on any atom is -0.303 e. The molecule has 2 nitrogen and oxygen atoms in total. The number of rotatable bonds is 3. The van der Waals surface area contributed by atoms with Crippen LogP contribution >= 0.6 is 0 Å². The Balaban J connectivity index is 2.48. The normalized spacial score (nSPS) is 10.3. The highest BCUT2D eigenvalue weighted by Gasteiger charge is 1.99.